The van der Waals surface area contributed by atoms with E-state index in [9.17, 15) is 14.4 Å². The van der Waals surface area contributed by atoms with Gasteiger partial charge in [-0.15, -0.1) is 0 Å². The number of esters is 1. The molecule has 0 heterocycles. The Morgan fingerprint density at radius 1 is 1.16 bits per heavy atom. The molecule has 5 nitrogen and oxygen atoms in total. The first-order valence-electron chi connectivity index (χ1n) is 5.98. The van der Waals surface area contributed by atoms with Gasteiger partial charge in [-0.05, 0) is 26.0 Å². The van der Waals surface area contributed by atoms with E-state index in [1.54, 1.807) is 44.2 Å². The molecule has 1 rings (SSSR count). The molecule has 0 spiro atoms. The zero-order valence-corrected chi connectivity index (χ0v) is 11.3. The van der Waals surface area contributed by atoms with Crippen LogP contribution in [0.4, 0.5) is 0 Å². The number of benzene rings is 1. The third-order valence-electron chi connectivity index (χ3n) is 2.30. The number of carbonyl (C=O) groups is 3. The minimum Gasteiger partial charge on any atom is -0.462 e. The largest absolute Gasteiger partial charge is 0.462 e. The number of amides is 2. The molecule has 0 saturated heterocycles. The number of hydrogen-bond donors (Lipinski definition) is 0. The van der Waals surface area contributed by atoms with Crippen LogP contribution in [-0.2, 0) is 14.3 Å². The van der Waals surface area contributed by atoms with Crippen molar-refractivity contribution in [1.82, 2.24) is 4.90 Å². The lowest BCUT2D eigenvalue weighted by atomic mass is 10.2. The highest BCUT2D eigenvalue weighted by atomic mass is 16.5. The minimum absolute atomic E-state index is 0.284. The summed E-state index contributed by atoms with van der Waals surface area (Å²) in [6.45, 7) is 4.27. The van der Waals surface area contributed by atoms with Gasteiger partial charge in [-0.2, -0.15) is 0 Å². The number of carbonyl (C=O) groups excluding carboxylic acids is 3. The van der Waals surface area contributed by atoms with Gasteiger partial charge in [-0.25, -0.2) is 0 Å². The highest BCUT2D eigenvalue weighted by Crippen LogP contribution is 2.06. The number of hydrogen-bond acceptors (Lipinski definition) is 4. The zero-order chi connectivity index (χ0) is 14.4. The fraction of sp³-hybridized carbons (Fsp3) is 0.357. The SMILES string of the molecule is CC(=O)N(CC(=O)OC(C)C)C(=O)c1ccccc1. The Labute approximate surface area is 112 Å². The molecule has 0 saturated carbocycles. The molecule has 1 aromatic carbocycles. The van der Waals surface area contributed by atoms with Crippen LogP contribution in [0.3, 0.4) is 0 Å². The van der Waals surface area contributed by atoms with Gasteiger partial charge in [0.15, 0.2) is 0 Å². The van der Waals surface area contributed by atoms with Gasteiger partial charge < -0.3 is 4.74 Å². The lowest BCUT2D eigenvalue weighted by Crippen LogP contribution is -2.40. The van der Waals surface area contributed by atoms with Gasteiger partial charge >= 0.3 is 5.97 Å². The molecule has 0 bridgehead atoms. The van der Waals surface area contributed by atoms with Crippen LogP contribution in [0.2, 0.25) is 0 Å². The first-order valence-corrected chi connectivity index (χ1v) is 5.98. The summed E-state index contributed by atoms with van der Waals surface area (Å²) in [5.41, 5.74) is 0.357. The van der Waals surface area contributed by atoms with Crippen LogP contribution in [-0.4, -0.2) is 35.3 Å². The highest BCUT2D eigenvalue weighted by molar-refractivity contribution is 6.05. The van der Waals surface area contributed by atoms with Crippen molar-refractivity contribution < 1.29 is 19.1 Å². The highest BCUT2D eigenvalue weighted by Gasteiger charge is 2.23. The van der Waals surface area contributed by atoms with Crippen LogP contribution in [0.1, 0.15) is 31.1 Å². The second-order valence-electron chi connectivity index (χ2n) is 4.31. The summed E-state index contributed by atoms with van der Waals surface area (Å²) in [6.07, 6.45) is -0.284. The van der Waals surface area contributed by atoms with Crippen molar-refractivity contribution in [3.63, 3.8) is 0 Å². The maximum Gasteiger partial charge on any atom is 0.326 e. The molecule has 0 N–H and O–H groups in total. The van der Waals surface area contributed by atoms with Crippen LogP contribution in [0.15, 0.2) is 30.3 Å². The summed E-state index contributed by atoms with van der Waals surface area (Å²) < 4.78 is 4.93. The molecule has 102 valence electrons. The Morgan fingerprint density at radius 3 is 2.21 bits per heavy atom. The number of ether oxygens (including phenoxy) is 1. The Kier molecular flexibility index (Phi) is 5.23. The van der Waals surface area contributed by atoms with Gasteiger partial charge in [0, 0.05) is 12.5 Å². The van der Waals surface area contributed by atoms with Gasteiger partial charge in [0.1, 0.15) is 6.54 Å². The summed E-state index contributed by atoms with van der Waals surface area (Å²) >= 11 is 0. The van der Waals surface area contributed by atoms with Crippen LogP contribution in [0.5, 0.6) is 0 Å². The molecule has 0 aliphatic heterocycles. The standard InChI is InChI=1S/C14H17NO4/c1-10(2)19-13(17)9-15(11(3)16)14(18)12-7-5-4-6-8-12/h4-8,10H,9H2,1-3H3. The Morgan fingerprint density at radius 2 is 1.74 bits per heavy atom. The van der Waals surface area contributed by atoms with Gasteiger partial charge in [-0.1, -0.05) is 18.2 Å². The lowest BCUT2D eigenvalue weighted by molar-refractivity contribution is -0.150. The third kappa shape index (κ3) is 4.54. The molecule has 0 radical (unpaired) electrons. The molecule has 1 aromatic rings. The average molecular weight is 263 g/mol. The molecule has 0 aromatic heterocycles. The molecule has 5 heteroatoms. The third-order valence-corrected chi connectivity index (χ3v) is 2.30. The molecule has 0 aliphatic carbocycles. The molecular formula is C14H17NO4. The van der Waals surface area contributed by atoms with E-state index in [0.29, 0.717) is 5.56 Å². The summed E-state index contributed by atoms with van der Waals surface area (Å²) in [5, 5.41) is 0. The molecule has 0 unspecified atom stereocenters. The first-order chi connectivity index (χ1) is 8.91. The van der Waals surface area contributed by atoms with Gasteiger partial charge in [0.25, 0.3) is 5.91 Å². The average Bonchev–Trinajstić information content (AvgIpc) is 2.35. The Hall–Kier alpha value is -2.17. The van der Waals surface area contributed by atoms with Crippen molar-refractivity contribution in [3.8, 4) is 0 Å². The monoisotopic (exact) mass is 263 g/mol. The summed E-state index contributed by atoms with van der Waals surface area (Å²) in [4.78, 5) is 36.0. The van der Waals surface area contributed by atoms with Gasteiger partial charge in [0.05, 0.1) is 6.10 Å². The summed E-state index contributed by atoms with van der Waals surface area (Å²) in [6, 6.07) is 8.33. The number of rotatable bonds is 4. The van der Waals surface area contributed by atoms with Crippen molar-refractivity contribution >= 4 is 17.8 Å². The van der Waals surface area contributed by atoms with E-state index in [2.05, 4.69) is 0 Å². The Balaban J connectivity index is 2.81. The predicted molar refractivity (Wildman–Crippen MR) is 69.4 cm³/mol. The fourth-order valence-corrected chi connectivity index (χ4v) is 1.49. The maximum absolute atomic E-state index is 12.1. The molecular weight excluding hydrogens is 246 g/mol. The van der Waals surface area contributed by atoms with Crippen molar-refractivity contribution in [1.29, 1.82) is 0 Å². The van der Waals surface area contributed by atoms with Crippen LogP contribution >= 0.6 is 0 Å². The minimum atomic E-state index is -0.602. The normalized spacial score (nSPS) is 10.1. The molecule has 0 fully saturated rings. The fourth-order valence-electron chi connectivity index (χ4n) is 1.49. The second kappa shape index (κ2) is 6.68. The van der Waals surface area contributed by atoms with Crippen molar-refractivity contribution in [3.05, 3.63) is 35.9 Å². The molecule has 2 amide bonds. The summed E-state index contributed by atoms with van der Waals surface area (Å²) in [5.74, 6) is -1.60. The van der Waals surface area contributed by atoms with Gasteiger partial charge in [-0.3, -0.25) is 19.3 Å². The predicted octanol–water partition coefficient (Wildman–Crippen LogP) is 1.63. The number of nitrogens with zero attached hydrogens (tertiary/aromatic N) is 1. The lowest BCUT2D eigenvalue weighted by Gasteiger charge is -2.19. The van der Waals surface area contributed by atoms with E-state index < -0.39 is 17.8 Å². The van der Waals surface area contributed by atoms with Crippen LogP contribution < -0.4 is 0 Å². The van der Waals surface area contributed by atoms with Crippen molar-refractivity contribution in [2.24, 2.45) is 0 Å². The van der Waals surface area contributed by atoms with Crippen molar-refractivity contribution in [2.75, 3.05) is 6.54 Å². The maximum atomic E-state index is 12.1. The molecule has 0 atom stereocenters. The topological polar surface area (TPSA) is 63.7 Å². The van der Waals surface area contributed by atoms with E-state index in [1.807, 2.05) is 0 Å². The molecule has 0 aliphatic rings. The van der Waals surface area contributed by atoms with E-state index in [0.717, 1.165) is 4.90 Å². The van der Waals surface area contributed by atoms with E-state index in [-0.39, 0.29) is 12.6 Å². The van der Waals surface area contributed by atoms with Crippen LogP contribution in [0, 0.1) is 0 Å². The molecule has 19 heavy (non-hydrogen) atoms. The van der Waals surface area contributed by atoms with E-state index in [4.69, 9.17) is 4.74 Å². The summed E-state index contributed by atoms with van der Waals surface area (Å²) in [7, 11) is 0. The van der Waals surface area contributed by atoms with Crippen molar-refractivity contribution in [2.45, 2.75) is 26.9 Å². The van der Waals surface area contributed by atoms with E-state index >= 15 is 0 Å². The zero-order valence-electron chi connectivity index (χ0n) is 11.3. The van der Waals surface area contributed by atoms with Crippen LogP contribution in [0.25, 0.3) is 0 Å². The smallest absolute Gasteiger partial charge is 0.326 e. The van der Waals surface area contributed by atoms with Gasteiger partial charge in [0.2, 0.25) is 5.91 Å². The van der Waals surface area contributed by atoms with E-state index in [1.165, 1.54) is 6.92 Å². The Bertz CT molecular complexity index is 468. The quantitative estimate of drug-likeness (QED) is 0.774. The second-order valence-corrected chi connectivity index (χ2v) is 4.31. The first kappa shape index (κ1) is 14.9. The number of imide groups is 1.